The van der Waals surface area contributed by atoms with Gasteiger partial charge in [-0.1, -0.05) is 33.5 Å². The molecular formula is C13H31OSScSi. The number of hydrogen-bond donors (Lipinski definition) is 0. The van der Waals surface area contributed by atoms with Crippen molar-refractivity contribution in [1.82, 2.24) is 0 Å². The van der Waals surface area contributed by atoms with Gasteiger partial charge in [0.15, 0.2) is 0 Å². The van der Waals surface area contributed by atoms with E-state index in [2.05, 4.69) is 46.3 Å². The van der Waals surface area contributed by atoms with Crippen LogP contribution in [0.15, 0.2) is 0 Å². The third kappa shape index (κ3) is 58.5. The molecule has 0 atom stereocenters. The average Bonchev–Trinajstić information content (AvgIpc) is 2.57. The van der Waals surface area contributed by atoms with Crippen molar-refractivity contribution >= 4 is 19.8 Å². The Kier molecular flexibility index (Phi) is 27.5. The predicted octanol–water partition coefficient (Wildman–Crippen LogP) is 4.86. The Morgan fingerprint density at radius 3 is 1.41 bits per heavy atom. The monoisotopic (exact) mass is 308 g/mol. The van der Waals surface area contributed by atoms with Crippen LogP contribution in [-0.2, 0) is 30.6 Å². The zero-order valence-electron chi connectivity index (χ0n) is 12.7. The van der Waals surface area contributed by atoms with E-state index in [9.17, 15) is 0 Å². The standard InChI is InChI=1S/C4H8O.C4H9S.C4H11Si.CH3.Sc/c1-2-4-5-3-1;1-4(2)5-3;1-5(2,3)4;;/h1-4H2;4H,3H2,1-2H3;1H2,2-4H3;1H3;/q;3*-1;+3. The van der Waals surface area contributed by atoms with Crippen LogP contribution in [0.2, 0.25) is 19.6 Å². The van der Waals surface area contributed by atoms with Crippen molar-refractivity contribution in [2.45, 2.75) is 51.6 Å². The van der Waals surface area contributed by atoms with Crippen LogP contribution in [0, 0.1) is 20.2 Å². The molecule has 1 fully saturated rings. The molecule has 1 aliphatic heterocycles. The summed E-state index contributed by atoms with van der Waals surface area (Å²) in [7, 11) is -0.861. The molecule has 0 N–H and O–H groups in total. The molecule has 0 aromatic rings. The molecule has 0 aromatic heterocycles. The van der Waals surface area contributed by atoms with Crippen molar-refractivity contribution in [3.05, 3.63) is 20.2 Å². The molecule has 1 rings (SSSR count). The first-order valence-corrected chi connectivity index (χ1v) is 10.4. The normalized spacial score (nSPS) is 13.4. The molecule has 0 saturated carbocycles. The van der Waals surface area contributed by atoms with Gasteiger partial charge in [0.1, 0.15) is 0 Å². The molecule has 1 nitrogen and oxygen atoms in total. The van der Waals surface area contributed by atoms with Crippen LogP contribution in [0.3, 0.4) is 0 Å². The quantitative estimate of drug-likeness (QED) is 0.505. The van der Waals surface area contributed by atoms with E-state index in [1.54, 1.807) is 11.8 Å². The number of hydrogen-bond acceptors (Lipinski definition) is 2. The molecule has 0 bridgehead atoms. The van der Waals surface area contributed by atoms with Crippen molar-refractivity contribution in [2.24, 2.45) is 0 Å². The zero-order chi connectivity index (χ0) is 12.3. The van der Waals surface area contributed by atoms with Crippen LogP contribution in [0.5, 0.6) is 0 Å². The summed E-state index contributed by atoms with van der Waals surface area (Å²) in [6.45, 7) is 16.8. The Bertz CT molecular complexity index is 109. The van der Waals surface area contributed by atoms with E-state index < -0.39 is 8.07 Å². The summed E-state index contributed by atoms with van der Waals surface area (Å²) in [5, 5.41) is 0.690. The average molecular weight is 308 g/mol. The second-order valence-electron chi connectivity index (χ2n) is 5.10. The molecular weight excluding hydrogens is 277 g/mol. The van der Waals surface area contributed by atoms with Gasteiger partial charge in [0.2, 0.25) is 0 Å². The van der Waals surface area contributed by atoms with Crippen LogP contribution in [0.4, 0.5) is 0 Å². The second-order valence-corrected chi connectivity index (χ2v) is 11.5. The molecule has 1 aliphatic rings. The summed E-state index contributed by atoms with van der Waals surface area (Å²) in [6.07, 6.45) is 6.16. The largest absolute Gasteiger partial charge is 3.00 e. The fourth-order valence-corrected chi connectivity index (χ4v) is 0.510. The van der Waals surface area contributed by atoms with Crippen LogP contribution in [0.1, 0.15) is 26.7 Å². The number of thioether (sulfide) groups is 1. The molecule has 4 heteroatoms. The van der Waals surface area contributed by atoms with E-state index in [1.165, 1.54) is 12.8 Å². The van der Waals surface area contributed by atoms with Crippen LogP contribution in [0.25, 0.3) is 0 Å². The summed E-state index contributed by atoms with van der Waals surface area (Å²) < 4.78 is 4.94. The minimum Gasteiger partial charge on any atom is -0.381 e. The third-order valence-corrected chi connectivity index (χ3v) is 1.83. The zero-order valence-corrected chi connectivity index (χ0v) is 16.3. The summed E-state index contributed by atoms with van der Waals surface area (Å²) >= 11 is 1.63. The van der Waals surface area contributed by atoms with Gasteiger partial charge in [-0.25, -0.2) is 0 Å². The maximum absolute atomic E-state index is 4.94. The Balaban J connectivity index is -0.0000000704. The first kappa shape index (κ1) is 26.9. The Hall–Kier alpha value is 1.40. The Morgan fingerprint density at radius 2 is 1.35 bits per heavy atom. The fourth-order valence-electron chi connectivity index (χ4n) is 0.510. The van der Waals surface area contributed by atoms with Crippen molar-refractivity contribution < 1.29 is 30.6 Å². The smallest absolute Gasteiger partial charge is 0.381 e. The number of rotatable bonds is 1. The van der Waals surface area contributed by atoms with Crippen LogP contribution >= 0.6 is 11.8 Å². The number of ether oxygens (including phenoxy) is 1. The Morgan fingerprint density at radius 1 is 1.12 bits per heavy atom. The summed E-state index contributed by atoms with van der Waals surface area (Å²) in [5.74, 6) is 0. The van der Waals surface area contributed by atoms with E-state index in [-0.39, 0.29) is 33.3 Å². The molecule has 0 amide bonds. The van der Waals surface area contributed by atoms with Crippen molar-refractivity contribution in [3.8, 4) is 0 Å². The van der Waals surface area contributed by atoms with Crippen LogP contribution < -0.4 is 0 Å². The maximum Gasteiger partial charge on any atom is 3.00 e. The van der Waals surface area contributed by atoms with Gasteiger partial charge >= 0.3 is 25.8 Å². The minimum atomic E-state index is -0.861. The van der Waals surface area contributed by atoms with E-state index in [0.29, 0.717) is 5.25 Å². The molecule has 1 heterocycles. The topological polar surface area (TPSA) is 9.23 Å². The molecule has 0 aromatic carbocycles. The van der Waals surface area contributed by atoms with E-state index in [4.69, 9.17) is 4.74 Å². The van der Waals surface area contributed by atoms with Gasteiger partial charge in [0.25, 0.3) is 0 Å². The first-order valence-electron chi connectivity index (χ1n) is 5.61. The summed E-state index contributed by atoms with van der Waals surface area (Å²) in [4.78, 5) is 0. The summed E-state index contributed by atoms with van der Waals surface area (Å²) in [6, 6.07) is 0. The SMILES string of the molecule is C1CCOC1.[CH2-]SC(C)C.[CH2-][Si](C)(C)C.[CH3-].[Sc+3]. The summed E-state index contributed by atoms with van der Waals surface area (Å²) in [5.41, 5.74) is 0. The van der Waals surface area contributed by atoms with Gasteiger partial charge in [0, 0.05) is 13.2 Å². The molecule has 0 radical (unpaired) electrons. The van der Waals surface area contributed by atoms with Gasteiger partial charge in [-0.2, -0.15) is 0 Å². The molecule has 0 aliphatic carbocycles. The van der Waals surface area contributed by atoms with Gasteiger partial charge < -0.3 is 30.5 Å². The molecule has 0 unspecified atom stereocenters. The van der Waals surface area contributed by atoms with Gasteiger partial charge in [-0.15, -0.1) is 8.07 Å². The van der Waals surface area contributed by atoms with Crippen molar-refractivity contribution in [2.75, 3.05) is 13.2 Å². The van der Waals surface area contributed by atoms with Gasteiger partial charge in [0.05, 0.1) is 0 Å². The van der Waals surface area contributed by atoms with E-state index in [0.717, 1.165) is 13.2 Å². The van der Waals surface area contributed by atoms with Gasteiger partial charge in [-0.05, 0) is 18.1 Å². The maximum atomic E-state index is 4.94. The van der Waals surface area contributed by atoms with Crippen molar-refractivity contribution in [3.63, 3.8) is 0 Å². The third-order valence-electron chi connectivity index (χ3n) is 1.16. The molecule has 1 saturated heterocycles. The first-order chi connectivity index (χ1) is 6.77. The Labute approximate surface area is 135 Å². The predicted molar refractivity (Wildman–Crippen MR) is 83.3 cm³/mol. The van der Waals surface area contributed by atoms with Gasteiger partial charge in [-0.3, -0.25) is 6.26 Å². The molecule has 102 valence electrons. The molecule has 0 spiro atoms. The molecule has 17 heavy (non-hydrogen) atoms. The van der Waals surface area contributed by atoms with E-state index >= 15 is 0 Å². The van der Waals surface area contributed by atoms with Crippen molar-refractivity contribution in [1.29, 1.82) is 0 Å². The second kappa shape index (κ2) is 17.4. The minimum absolute atomic E-state index is 0. The van der Waals surface area contributed by atoms with Crippen LogP contribution in [-0.4, -0.2) is 26.5 Å². The van der Waals surface area contributed by atoms with E-state index in [1.807, 2.05) is 0 Å². The fraction of sp³-hybridized carbons (Fsp3) is 0.769.